The summed E-state index contributed by atoms with van der Waals surface area (Å²) in [7, 11) is 1.69. The van der Waals surface area contributed by atoms with Crippen LogP contribution in [0.5, 0.6) is 5.75 Å². The van der Waals surface area contributed by atoms with E-state index in [1.165, 1.54) is 0 Å². The Hall–Kier alpha value is -1.55. The van der Waals surface area contributed by atoms with Crippen molar-refractivity contribution in [3.63, 3.8) is 0 Å². The van der Waals surface area contributed by atoms with Gasteiger partial charge in [0.15, 0.2) is 0 Å². The molecule has 0 radical (unpaired) electrons. The highest BCUT2D eigenvalue weighted by Crippen LogP contribution is 2.56. The highest BCUT2D eigenvalue weighted by atomic mass is 16.5. The fourth-order valence-electron chi connectivity index (χ4n) is 3.60. The summed E-state index contributed by atoms with van der Waals surface area (Å²) in [6, 6.07) is 8.35. The van der Waals surface area contributed by atoms with E-state index in [4.69, 9.17) is 4.74 Å². The molecule has 2 saturated carbocycles. The molecule has 4 nitrogen and oxygen atoms in total. The molecule has 3 aliphatic rings. The molecule has 0 aromatic heterocycles. The van der Waals surface area contributed by atoms with E-state index >= 15 is 0 Å². The Kier molecular flexibility index (Phi) is 2.51. The maximum absolute atomic E-state index is 12.9. The largest absolute Gasteiger partial charge is 0.496 e. The van der Waals surface area contributed by atoms with Crippen LogP contribution in [0.3, 0.4) is 0 Å². The van der Waals surface area contributed by atoms with Gasteiger partial charge >= 0.3 is 0 Å². The summed E-state index contributed by atoms with van der Waals surface area (Å²) in [4.78, 5) is 15.0. The van der Waals surface area contributed by atoms with Crippen molar-refractivity contribution in [2.75, 3.05) is 7.11 Å². The van der Waals surface area contributed by atoms with Crippen molar-refractivity contribution in [1.29, 1.82) is 0 Å². The number of carbonyl (C=O) groups excluding carboxylic acids is 1. The molecule has 2 aliphatic carbocycles. The third-order valence-corrected chi connectivity index (χ3v) is 5.32. The van der Waals surface area contributed by atoms with Crippen LogP contribution in [0.4, 0.5) is 0 Å². The lowest BCUT2D eigenvalue weighted by Crippen LogP contribution is -2.35. The van der Waals surface area contributed by atoms with Crippen LogP contribution in [0, 0.1) is 5.41 Å². The highest BCUT2D eigenvalue weighted by molar-refractivity contribution is 5.92. The lowest BCUT2D eigenvalue weighted by Gasteiger charge is -2.27. The van der Waals surface area contributed by atoms with Crippen molar-refractivity contribution in [2.45, 2.75) is 50.9 Å². The number of rotatable bonds is 3. The number of nitrogens with zero attached hydrogens (tertiary/aromatic N) is 1. The molecular weight excluding hydrogens is 264 g/mol. The molecule has 1 aliphatic heterocycles. The van der Waals surface area contributed by atoms with E-state index in [2.05, 4.69) is 30.1 Å². The summed E-state index contributed by atoms with van der Waals surface area (Å²) in [6.07, 6.45) is 2.95. The smallest absolute Gasteiger partial charge is 0.244 e. The summed E-state index contributed by atoms with van der Waals surface area (Å²) in [6.45, 7) is 4.48. The molecule has 3 fully saturated rings. The molecule has 21 heavy (non-hydrogen) atoms. The van der Waals surface area contributed by atoms with E-state index in [0.29, 0.717) is 6.04 Å². The first kappa shape index (κ1) is 13.1. The Morgan fingerprint density at radius 2 is 1.95 bits per heavy atom. The predicted octanol–water partition coefficient (Wildman–Crippen LogP) is 2.46. The molecule has 1 saturated heterocycles. The molecule has 1 aromatic carbocycles. The van der Waals surface area contributed by atoms with Crippen LogP contribution in [0.25, 0.3) is 0 Å². The molecule has 1 aromatic rings. The fourth-order valence-corrected chi connectivity index (χ4v) is 3.60. The maximum atomic E-state index is 12.9. The van der Waals surface area contributed by atoms with Crippen LogP contribution in [0.15, 0.2) is 24.3 Å². The van der Waals surface area contributed by atoms with Gasteiger partial charge in [-0.25, -0.2) is 0 Å². The molecule has 4 rings (SSSR count). The number of benzene rings is 1. The first-order valence-electron chi connectivity index (χ1n) is 7.72. The van der Waals surface area contributed by atoms with Gasteiger partial charge in [-0.15, -0.1) is 0 Å². The molecule has 2 atom stereocenters. The van der Waals surface area contributed by atoms with Crippen molar-refractivity contribution in [1.82, 2.24) is 10.2 Å². The Morgan fingerprint density at radius 1 is 1.29 bits per heavy atom. The number of ether oxygens (including phenoxy) is 1. The first-order valence-corrected chi connectivity index (χ1v) is 7.72. The average Bonchev–Trinajstić information content (AvgIpc) is 3.34. The Balaban J connectivity index is 1.74. The number of methoxy groups -OCH3 is 1. The minimum atomic E-state index is -0.288. The maximum Gasteiger partial charge on any atom is 0.244 e. The number of hydrogen-bond donors (Lipinski definition) is 1. The second-order valence-electron chi connectivity index (χ2n) is 7.29. The van der Waals surface area contributed by atoms with Gasteiger partial charge in [-0.2, -0.15) is 0 Å². The van der Waals surface area contributed by atoms with E-state index in [1.807, 2.05) is 18.2 Å². The Morgan fingerprint density at radius 3 is 2.52 bits per heavy atom. The standard InChI is InChI=1S/C17H22N2O2/c1-16(2)10-13(16)19-14(18-17(8-9-17)15(19)20)11-6-4-5-7-12(11)21-3/h4-7,13-14,18H,8-10H2,1-3H3. The van der Waals surface area contributed by atoms with Crippen molar-refractivity contribution in [2.24, 2.45) is 5.41 Å². The SMILES string of the molecule is COc1ccccc1C1NC2(CC2)C(=O)N1C1CC1(C)C. The molecule has 1 spiro atoms. The normalized spacial score (nSPS) is 31.6. The Labute approximate surface area is 125 Å². The number of para-hydroxylation sites is 1. The van der Waals surface area contributed by atoms with Crippen LogP contribution >= 0.6 is 0 Å². The number of amides is 1. The topological polar surface area (TPSA) is 41.6 Å². The second-order valence-corrected chi connectivity index (χ2v) is 7.29. The average molecular weight is 286 g/mol. The number of carbonyl (C=O) groups is 1. The minimum absolute atomic E-state index is 0.0528. The van der Waals surface area contributed by atoms with Crippen molar-refractivity contribution in [3.05, 3.63) is 29.8 Å². The molecule has 4 heteroatoms. The summed E-state index contributed by atoms with van der Waals surface area (Å²) < 4.78 is 5.50. The van der Waals surface area contributed by atoms with E-state index in [1.54, 1.807) is 7.11 Å². The van der Waals surface area contributed by atoms with Crippen LogP contribution in [0.1, 0.15) is 44.8 Å². The van der Waals surface area contributed by atoms with Gasteiger partial charge in [-0.1, -0.05) is 32.0 Å². The zero-order valence-corrected chi connectivity index (χ0v) is 12.8. The molecule has 1 heterocycles. The monoisotopic (exact) mass is 286 g/mol. The van der Waals surface area contributed by atoms with Gasteiger partial charge in [-0.05, 0) is 30.7 Å². The molecule has 2 unspecified atom stereocenters. The van der Waals surface area contributed by atoms with Gasteiger partial charge in [0.2, 0.25) is 5.91 Å². The predicted molar refractivity (Wildman–Crippen MR) is 79.9 cm³/mol. The zero-order chi connectivity index (χ0) is 14.8. The van der Waals surface area contributed by atoms with E-state index in [0.717, 1.165) is 30.6 Å². The van der Waals surface area contributed by atoms with Gasteiger partial charge < -0.3 is 9.64 Å². The minimum Gasteiger partial charge on any atom is -0.496 e. The lowest BCUT2D eigenvalue weighted by atomic mass is 10.1. The van der Waals surface area contributed by atoms with Crippen LogP contribution in [0.2, 0.25) is 0 Å². The summed E-state index contributed by atoms with van der Waals surface area (Å²) >= 11 is 0. The molecular formula is C17H22N2O2. The van der Waals surface area contributed by atoms with Crippen LogP contribution in [-0.4, -0.2) is 29.5 Å². The van der Waals surface area contributed by atoms with Gasteiger partial charge in [0.25, 0.3) is 0 Å². The quantitative estimate of drug-likeness (QED) is 0.928. The summed E-state index contributed by atoms with van der Waals surface area (Å²) in [5, 5.41) is 3.59. The molecule has 1 amide bonds. The third kappa shape index (κ3) is 1.81. The first-order chi connectivity index (χ1) is 9.98. The van der Waals surface area contributed by atoms with Gasteiger partial charge in [-0.3, -0.25) is 10.1 Å². The molecule has 1 N–H and O–H groups in total. The molecule has 0 bridgehead atoms. The zero-order valence-electron chi connectivity index (χ0n) is 12.8. The third-order valence-electron chi connectivity index (χ3n) is 5.32. The van der Waals surface area contributed by atoms with Crippen molar-refractivity contribution in [3.8, 4) is 5.75 Å². The van der Waals surface area contributed by atoms with Crippen LogP contribution in [-0.2, 0) is 4.79 Å². The number of hydrogen-bond acceptors (Lipinski definition) is 3. The molecule has 112 valence electrons. The van der Waals surface area contributed by atoms with E-state index in [-0.39, 0.29) is 23.0 Å². The van der Waals surface area contributed by atoms with Gasteiger partial charge in [0.05, 0.1) is 7.11 Å². The van der Waals surface area contributed by atoms with E-state index in [9.17, 15) is 4.79 Å². The number of nitrogens with one attached hydrogen (secondary N) is 1. The lowest BCUT2D eigenvalue weighted by molar-refractivity contribution is -0.131. The summed E-state index contributed by atoms with van der Waals surface area (Å²) in [5.41, 5.74) is 1.02. The van der Waals surface area contributed by atoms with E-state index < -0.39 is 0 Å². The van der Waals surface area contributed by atoms with Crippen molar-refractivity contribution >= 4 is 5.91 Å². The second kappa shape index (κ2) is 4.01. The summed E-state index contributed by atoms with van der Waals surface area (Å²) in [5.74, 6) is 1.14. The van der Waals surface area contributed by atoms with Crippen LogP contribution < -0.4 is 10.1 Å². The fraction of sp³-hybridized carbons (Fsp3) is 0.588. The highest BCUT2D eigenvalue weighted by Gasteiger charge is 2.65. The Bertz CT molecular complexity index is 607. The van der Waals surface area contributed by atoms with Gasteiger partial charge in [0, 0.05) is 11.6 Å². The van der Waals surface area contributed by atoms with Gasteiger partial charge in [0.1, 0.15) is 17.5 Å². The van der Waals surface area contributed by atoms with Crippen molar-refractivity contribution < 1.29 is 9.53 Å².